The van der Waals surface area contributed by atoms with Crippen molar-refractivity contribution in [3.05, 3.63) is 34.9 Å². The number of benzene rings is 1. The zero-order valence-corrected chi connectivity index (χ0v) is 15.5. The van der Waals surface area contributed by atoms with E-state index in [-0.39, 0.29) is 6.04 Å². The highest BCUT2D eigenvalue weighted by Gasteiger charge is 2.38. The molecule has 1 aliphatic carbocycles. The number of carbonyl (C=O) groups excluding carboxylic acids is 1. The van der Waals surface area contributed by atoms with E-state index in [1.807, 2.05) is 6.07 Å². The van der Waals surface area contributed by atoms with Crippen LogP contribution in [0.1, 0.15) is 61.3 Å². The van der Waals surface area contributed by atoms with E-state index in [1.165, 1.54) is 30.4 Å². The molecule has 1 amide bonds. The lowest BCUT2D eigenvalue weighted by Gasteiger charge is -2.29. The molecule has 0 bridgehead atoms. The van der Waals surface area contributed by atoms with Crippen molar-refractivity contribution in [1.29, 1.82) is 0 Å². The van der Waals surface area contributed by atoms with Gasteiger partial charge in [-0.05, 0) is 61.9 Å². The molecular weight excluding hydrogens is 355 g/mol. The lowest BCUT2D eigenvalue weighted by molar-refractivity contribution is -0.154. The molecule has 1 heterocycles. The molecule has 2 atom stereocenters. The molecule has 1 aliphatic heterocycles. The number of alkyl halides is 3. The third-order valence-corrected chi connectivity index (χ3v) is 5.54. The summed E-state index contributed by atoms with van der Waals surface area (Å²) in [7, 11) is 0. The number of rotatable bonds is 5. The predicted molar refractivity (Wildman–Crippen MR) is 98.0 cm³/mol. The number of amides is 1. The molecule has 7 heteroatoms. The van der Waals surface area contributed by atoms with Gasteiger partial charge in [-0.15, -0.1) is 0 Å². The minimum absolute atomic E-state index is 0.231. The average molecular weight is 383 g/mol. The topological polar surface area (TPSA) is 58.4 Å². The highest BCUT2D eigenvalue weighted by atomic mass is 19.4. The van der Waals surface area contributed by atoms with E-state index >= 15 is 0 Å². The summed E-state index contributed by atoms with van der Waals surface area (Å²) >= 11 is 0. The Labute approximate surface area is 158 Å². The Morgan fingerprint density at radius 1 is 1.22 bits per heavy atom. The molecule has 0 spiro atoms. The molecule has 1 fully saturated rings. The molecular formula is C20H28F3N3O. The summed E-state index contributed by atoms with van der Waals surface area (Å²) in [5.74, 6) is -0.643. The summed E-state index contributed by atoms with van der Waals surface area (Å²) in [6, 6.07) is 3.96. The van der Waals surface area contributed by atoms with Gasteiger partial charge in [-0.1, -0.05) is 24.6 Å². The van der Waals surface area contributed by atoms with Crippen molar-refractivity contribution >= 4 is 5.91 Å². The third kappa shape index (κ3) is 5.45. The van der Waals surface area contributed by atoms with Crippen LogP contribution in [0, 0.1) is 0 Å². The fourth-order valence-corrected chi connectivity index (χ4v) is 4.06. The van der Waals surface area contributed by atoms with Crippen LogP contribution in [0.25, 0.3) is 0 Å². The van der Waals surface area contributed by atoms with E-state index in [0.717, 1.165) is 44.5 Å². The molecule has 27 heavy (non-hydrogen) atoms. The number of carbonyl (C=O) groups is 1. The minimum atomic E-state index is -4.55. The number of halogens is 3. The van der Waals surface area contributed by atoms with Crippen LogP contribution in [0.15, 0.2) is 18.2 Å². The summed E-state index contributed by atoms with van der Waals surface area (Å²) < 4.78 is 37.7. The minimum Gasteiger partial charge on any atom is -0.349 e. The number of hydrogen-bond donors (Lipinski definition) is 2. The first-order chi connectivity index (χ1) is 12.8. The number of likely N-dealkylation sites (tertiary alicyclic amines) is 1. The molecule has 3 rings (SSSR count). The lowest BCUT2D eigenvalue weighted by atomic mass is 9.86. The van der Waals surface area contributed by atoms with Gasteiger partial charge in [0.05, 0.1) is 12.5 Å². The van der Waals surface area contributed by atoms with Crippen LogP contribution < -0.4 is 11.1 Å². The van der Waals surface area contributed by atoms with Gasteiger partial charge in [-0.2, -0.15) is 13.2 Å². The van der Waals surface area contributed by atoms with Crippen molar-refractivity contribution in [1.82, 2.24) is 10.2 Å². The van der Waals surface area contributed by atoms with Gasteiger partial charge in [0.25, 0.3) is 0 Å². The molecule has 1 unspecified atom stereocenters. The highest BCUT2D eigenvalue weighted by molar-refractivity contribution is 5.77. The average Bonchev–Trinajstić information content (AvgIpc) is 2.62. The van der Waals surface area contributed by atoms with Gasteiger partial charge < -0.3 is 11.1 Å². The molecule has 0 saturated carbocycles. The maximum Gasteiger partial charge on any atom is 0.404 e. The van der Waals surface area contributed by atoms with Gasteiger partial charge in [0, 0.05) is 6.54 Å². The zero-order chi connectivity index (χ0) is 19.4. The predicted octanol–water partition coefficient (Wildman–Crippen LogP) is 3.45. The van der Waals surface area contributed by atoms with E-state index in [0.29, 0.717) is 0 Å². The number of piperidine rings is 1. The highest BCUT2D eigenvalue weighted by Crippen LogP contribution is 2.31. The maximum absolute atomic E-state index is 12.6. The lowest BCUT2D eigenvalue weighted by Crippen LogP contribution is -2.42. The SMILES string of the molecule is NC(CC(=O)N[C@@H]1CCCc2cc(CN3CCCCC3)ccc21)C(F)(F)F. The van der Waals surface area contributed by atoms with Gasteiger partial charge >= 0.3 is 6.18 Å². The van der Waals surface area contributed by atoms with Crippen LogP contribution in [0.3, 0.4) is 0 Å². The molecule has 0 radical (unpaired) electrons. The van der Waals surface area contributed by atoms with Crippen molar-refractivity contribution in [2.24, 2.45) is 5.73 Å². The number of aryl methyl sites for hydroxylation is 1. The second-order valence-corrected chi connectivity index (χ2v) is 7.73. The van der Waals surface area contributed by atoms with Crippen LogP contribution in [0.5, 0.6) is 0 Å². The smallest absolute Gasteiger partial charge is 0.349 e. The Morgan fingerprint density at radius 2 is 1.96 bits per heavy atom. The Kier molecular flexibility index (Phi) is 6.42. The van der Waals surface area contributed by atoms with Crippen LogP contribution in [0.4, 0.5) is 13.2 Å². The second-order valence-electron chi connectivity index (χ2n) is 7.73. The van der Waals surface area contributed by atoms with E-state index in [1.54, 1.807) is 0 Å². The number of nitrogens with two attached hydrogens (primary N) is 1. The van der Waals surface area contributed by atoms with Crippen molar-refractivity contribution < 1.29 is 18.0 Å². The monoisotopic (exact) mass is 383 g/mol. The molecule has 0 aromatic heterocycles. The Morgan fingerprint density at radius 3 is 2.67 bits per heavy atom. The maximum atomic E-state index is 12.6. The first-order valence-corrected chi connectivity index (χ1v) is 9.78. The van der Waals surface area contributed by atoms with Gasteiger partial charge in [0.1, 0.15) is 6.04 Å². The van der Waals surface area contributed by atoms with Crippen LogP contribution in [-0.2, 0) is 17.8 Å². The largest absolute Gasteiger partial charge is 0.404 e. The molecule has 1 aromatic rings. The fourth-order valence-electron chi connectivity index (χ4n) is 4.06. The van der Waals surface area contributed by atoms with Gasteiger partial charge in [-0.3, -0.25) is 9.69 Å². The van der Waals surface area contributed by atoms with Crippen molar-refractivity contribution in [3.63, 3.8) is 0 Å². The Balaban J connectivity index is 1.63. The summed E-state index contributed by atoms with van der Waals surface area (Å²) in [6.45, 7) is 3.20. The molecule has 150 valence electrons. The molecule has 1 saturated heterocycles. The van der Waals surface area contributed by atoms with Gasteiger partial charge in [-0.25, -0.2) is 0 Å². The standard InChI is InChI=1S/C20H28F3N3O/c21-20(22,23)18(24)12-19(27)25-17-6-4-5-15-11-14(7-8-16(15)17)13-26-9-2-1-3-10-26/h7-8,11,17-18H,1-6,9-10,12-13,24H2,(H,25,27)/t17-,18?/m1/s1. The molecule has 2 aliphatic rings. The fraction of sp³-hybridized carbons (Fsp3) is 0.650. The Hall–Kier alpha value is -1.60. The van der Waals surface area contributed by atoms with Gasteiger partial charge in [0.2, 0.25) is 5.91 Å². The molecule has 4 nitrogen and oxygen atoms in total. The normalized spacial score (nSPS) is 22.1. The van der Waals surface area contributed by atoms with Crippen LogP contribution >= 0.6 is 0 Å². The molecule has 3 N–H and O–H groups in total. The second kappa shape index (κ2) is 8.61. The summed E-state index contributed by atoms with van der Waals surface area (Å²) in [5.41, 5.74) is 8.56. The molecule has 1 aromatic carbocycles. The zero-order valence-electron chi connectivity index (χ0n) is 15.5. The van der Waals surface area contributed by atoms with E-state index in [9.17, 15) is 18.0 Å². The van der Waals surface area contributed by atoms with E-state index < -0.39 is 24.5 Å². The summed E-state index contributed by atoms with van der Waals surface area (Å²) in [5, 5.41) is 2.75. The van der Waals surface area contributed by atoms with Gasteiger partial charge in [0.15, 0.2) is 0 Å². The number of nitrogens with one attached hydrogen (secondary N) is 1. The van der Waals surface area contributed by atoms with E-state index in [4.69, 9.17) is 5.73 Å². The van der Waals surface area contributed by atoms with Crippen molar-refractivity contribution in [2.75, 3.05) is 13.1 Å². The number of fused-ring (bicyclic) bond motifs is 1. The number of hydrogen-bond acceptors (Lipinski definition) is 3. The van der Waals surface area contributed by atoms with Crippen LogP contribution in [-0.4, -0.2) is 36.1 Å². The quantitative estimate of drug-likeness (QED) is 0.819. The van der Waals surface area contributed by atoms with Crippen molar-refractivity contribution in [2.45, 2.75) is 69.8 Å². The summed E-state index contributed by atoms with van der Waals surface area (Å²) in [4.78, 5) is 14.5. The summed E-state index contributed by atoms with van der Waals surface area (Å²) in [6.07, 6.45) is 1.12. The third-order valence-electron chi connectivity index (χ3n) is 5.54. The van der Waals surface area contributed by atoms with Crippen LogP contribution in [0.2, 0.25) is 0 Å². The first-order valence-electron chi connectivity index (χ1n) is 9.78. The Bertz CT molecular complexity index is 656. The number of nitrogens with zero attached hydrogens (tertiary/aromatic N) is 1. The van der Waals surface area contributed by atoms with E-state index in [2.05, 4.69) is 22.3 Å². The first kappa shape index (κ1) is 20.1. The van der Waals surface area contributed by atoms with Crippen molar-refractivity contribution in [3.8, 4) is 0 Å².